The van der Waals surface area contributed by atoms with Gasteiger partial charge in [-0.2, -0.15) is 10.2 Å². The molecule has 0 aliphatic carbocycles. The van der Waals surface area contributed by atoms with E-state index in [9.17, 15) is 8.42 Å². The topological polar surface area (TPSA) is 92.7 Å². The zero-order valence-electron chi connectivity index (χ0n) is 12.8. The first kappa shape index (κ1) is 15.3. The minimum atomic E-state index is -3.73. The number of anilines is 1. The minimum absolute atomic E-state index is 0.183. The number of aromatic amines is 1. The fourth-order valence-electron chi connectivity index (χ4n) is 2.37. The molecule has 0 radical (unpaired) electrons. The van der Waals surface area contributed by atoms with Gasteiger partial charge < -0.3 is 0 Å². The Bertz CT molecular complexity index is 913. The second-order valence-corrected chi connectivity index (χ2v) is 6.75. The maximum Gasteiger partial charge on any atom is 0.265 e. The van der Waals surface area contributed by atoms with Gasteiger partial charge in [0.05, 0.1) is 23.3 Å². The van der Waals surface area contributed by atoms with Gasteiger partial charge in [-0.15, -0.1) is 0 Å². The van der Waals surface area contributed by atoms with Gasteiger partial charge in [-0.3, -0.25) is 14.5 Å². The van der Waals surface area contributed by atoms with Crippen molar-refractivity contribution in [2.24, 2.45) is 7.05 Å². The Morgan fingerprint density at radius 2 is 2.00 bits per heavy atom. The van der Waals surface area contributed by atoms with E-state index in [0.29, 0.717) is 23.5 Å². The van der Waals surface area contributed by atoms with Crippen molar-refractivity contribution in [3.63, 3.8) is 0 Å². The van der Waals surface area contributed by atoms with Crippen LogP contribution in [0.15, 0.2) is 47.6 Å². The summed E-state index contributed by atoms with van der Waals surface area (Å²) in [4.78, 5) is 0.183. The molecule has 7 nitrogen and oxygen atoms in total. The van der Waals surface area contributed by atoms with Crippen molar-refractivity contribution in [2.75, 3.05) is 4.72 Å². The lowest BCUT2D eigenvalue weighted by Gasteiger charge is -2.08. The molecule has 3 rings (SSSR count). The summed E-state index contributed by atoms with van der Waals surface area (Å²) in [6.07, 6.45) is 3.50. The zero-order chi connectivity index (χ0) is 16.4. The average molecular weight is 331 g/mol. The quantitative estimate of drug-likeness (QED) is 0.749. The Hall–Kier alpha value is -2.61. The van der Waals surface area contributed by atoms with Gasteiger partial charge in [0.2, 0.25) is 0 Å². The van der Waals surface area contributed by atoms with Crippen molar-refractivity contribution in [3.8, 4) is 11.3 Å². The van der Waals surface area contributed by atoms with Gasteiger partial charge in [0, 0.05) is 18.8 Å². The van der Waals surface area contributed by atoms with Crippen LogP contribution in [0.4, 0.5) is 5.69 Å². The predicted octanol–water partition coefficient (Wildman–Crippen LogP) is 2.17. The molecule has 0 fully saturated rings. The van der Waals surface area contributed by atoms with E-state index in [1.54, 1.807) is 7.05 Å². The number of nitrogens with one attached hydrogen (secondary N) is 2. The molecular weight excluding hydrogens is 314 g/mol. The second kappa shape index (κ2) is 5.88. The second-order valence-electron chi connectivity index (χ2n) is 5.10. The molecule has 8 heteroatoms. The highest BCUT2D eigenvalue weighted by Crippen LogP contribution is 2.27. The molecule has 2 aromatic heterocycles. The predicted molar refractivity (Wildman–Crippen MR) is 87.4 cm³/mol. The summed E-state index contributed by atoms with van der Waals surface area (Å²) in [6, 6.07) is 9.42. The summed E-state index contributed by atoms with van der Waals surface area (Å²) in [5.41, 5.74) is 2.41. The summed E-state index contributed by atoms with van der Waals surface area (Å²) in [7, 11) is -2.03. The molecule has 3 aromatic rings. The lowest BCUT2D eigenvalue weighted by atomic mass is 10.1. The summed E-state index contributed by atoms with van der Waals surface area (Å²) < 4.78 is 29.4. The number of hydrogen-bond acceptors (Lipinski definition) is 4. The van der Waals surface area contributed by atoms with Crippen LogP contribution in [-0.4, -0.2) is 28.4 Å². The van der Waals surface area contributed by atoms with Crippen molar-refractivity contribution in [2.45, 2.75) is 18.2 Å². The van der Waals surface area contributed by atoms with E-state index < -0.39 is 10.0 Å². The number of H-pyrrole nitrogens is 1. The highest BCUT2D eigenvalue weighted by atomic mass is 32.2. The normalized spacial score (nSPS) is 11.6. The molecular formula is C15H17N5O2S. The van der Waals surface area contributed by atoms with Crippen molar-refractivity contribution in [3.05, 3.63) is 48.4 Å². The number of rotatable bonds is 5. The van der Waals surface area contributed by atoms with Crippen LogP contribution < -0.4 is 4.72 Å². The van der Waals surface area contributed by atoms with Crippen molar-refractivity contribution in [1.29, 1.82) is 0 Å². The van der Waals surface area contributed by atoms with Crippen LogP contribution in [-0.2, 0) is 23.5 Å². The molecule has 0 saturated heterocycles. The van der Waals surface area contributed by atoms with Crippen LogP contribution in [0.3, 0.4) is 0 Å². The summed E-state index contributed by atoms with van der Waals surface area (Å²) in [5, 5.41) is 11.0. The van der Waals surface area contributed by atoms with Crippen LogP contribution in [0.1, 0.15) is 12.6 Å². The van der Waals surface area contributed by atoms with E-state index in [1.165, 1.54) is 17.1 Å². The van der Waals surface area contributed by atoms with Gasteiger partial charge in [0.15, 0.2) is 0 Å². The first-order valence-corrected chi connectivity index (χ1v) is 8.63. The number of benzene rings is 1. The van der Waals surface area contributed by atoms with Gasteiger partial charge >= 0.3 is 0 Å². The van der Waals surface area contributed by atoms with Gasteiger partial charge in [0.1, 0.15) is 4.90 Å². The highest BCUT2D eigenvalue weighted by molar-refractivity contribution is 7.92. The number of aromatic nitrogens is 4. The van der Waals surface area contributed by atoms with Crippen LogP contribution in [0.5, 0.6) is 0 Å². The molecule has 23 heavy (non-hydrogen) atoms. The zero-order valence-corrected chi connectivity index (χ0v) is 13.6. The molecule has 0 aliphatic rings. The lowest BCUT2D eigenvalue weighted by Crippen LogP contribution is -2.14. The molecule has 2 heterocycles. The molecule has 0 spiro atoms. The molecule has 120 valence electrons. The van der Waals surface area contributed by atoms with Gasteiger partial charge in [-0.1, -0.05) is 37.3 Å². The summed E-state index contributed by atoms with van der Waals surface area (Å²) in [6.45, 7) is 1.87. The lowest BCUT2D eigenvalue weighted by molar-refractivity contribution is 0.600. The molecule has 0 amide bonds. The Morgan fingerprint density at radius 3 is 2.70 bits per heavy atom. The smallest absolute Gasteiger partial charge is 0.265 e. The van der Waals surface area contributed by atoms with E-state index >= 15 is 0 Å². The Kier molecular flexibility index (Phi) is 3.91. The molecule has 0 atom stereocenters. The molecule has 0 aliphatic heterocycles. The van der Waals surface area contributed by atoms with Crippen molar-refractivity contribution < 1.29 is 8.42 Å². The Labute approximate surface area is 134 Å². The van der Waals surface area contributed by atoms with Crippen molar-refractivity contribution in [1.82, 2.24) is 20.0 Å². The molecule has 0 saturated carbocycles. The van der Waals surface area contributed by atoms with E-state index in [4.69, 9.17) is 0 Å². The summed E-state index contributed by atoms with van der Waals surface area (Å²) >= 11 is 0. The van der Waals surface area contributed by atoms with E-state index in [-0.39, 0.29) is 4.90 Å². The Balaban J connectivity index is 1.98. The largest absolute Gasteiger partial charge is 0.276 e. The van der Waals surface area contributed by atoms with E-state index in [1.807, 2.05) is 37.3 Å². The fraction of sp³-hybridized carbons (Fsp3) is 0.200. The molecule has 0 unspecified atom stereocenters. The number of aryl methyl sites for hydroxylation is 2. The number of sulfonamides is 1. The van der Waals surface area contributed by atoms with E-state index in [2.05, 4.69) is 20.0 Å². The standard InChI is InChI=1S/C15H17N5O2S/c1-3-12-14(10-20(2)18-12)23(21,22)19-13-9-16-17-15(13)11-7-5-4-6-8-11/h4-10,19H,3H2,1-2H3,(H,16,17). The third-order valence-electron chi connectivity index (χ3n) is 3.44. The maximum absolute atomic E-state index is 12.7. The van der Waals surface area contributed by atoms with Crippen LogP contribution in [0.25, 0.3) is 11.3 Å². The van der Waals surface area contributed by atoms with Crippen LogP contribution in [0, 0.1) is 0 Å². The fourth-order valence-corrected chi connectivity index (χ4v) is 3.71. The maximum atomic E-state index is 12.7. The van der Waals surface area contributed by atoms with Gasteiger partial charge in [0.25, 0.3) is 10.0 Å². The average Bonchev–Trinajstić information content (AvgIpc) is 3.14. The van der Waals surface area contributed by atoms with Gasteiger partial charge in [-0.05, 0) is 6.42 Å². The Morgan fingerprint density at radius 1 is 1.26 bits per heavy atom. The molecule has 0 bridgehead atoms. The third kappa shape index (κ3) is 2.98. The monoisotopic (exact) mass is 331 g/mol. The summed E-state index contributed by atoms with van der Waals surface area (Å²) in [5.74, 6) is 0. The van der Waals surface area contributed by atoms with Crippen LogP contribution >= 0.6 is 0 Å². The van der Waals surface area contributed by atoms with Crippen molar-refractivity contribution >= 4 is 15.7 Å². The number of hydrogen-bond donors (Lipinski definition) is 2. The first-order chi connectivity index (χ1) is 11.0. The third-order valence-corrected chi connectivity index (χ3v) is 4.85. The van der Waals surface area contributed by atoms with Crippen LogP contribution in [0.2, 0.25) is 0 Å². The van der Waals surface area contributed by atoms with E-state index in [0.717, 1.165) is 5.56 Å². The first-order valence-electron chi connectivity index (χ1n) is 7.15. The number of nitrogens with zero attached hydrogens (tertiary/aromatic N) is 3. The highest BCUT2D eigenvalue weighted by Gasteiger charge is 2.23. The SMILES string of the molecule is CCc1nn(C)cc1S(=O)(=O)Nc1cn[nH]c1-c1ccccc1. The molecule has 2 N–H and O–H groups in total. The molecule has 1 aromatic carbocycles. The minimum Gasteiger partial charge on any atom is -0.276 e. The van der Waals surface area contributed by atoms with Gasteiger partial charge in [-0.25, -0.2) is 8.42 Å².